The van der Waals surface area contributed by atoms with Crippen molar-refractivity contribution in [3.8, 4) is 5.69 Å². The lowest BCUT2D eigenvalue weighted by atomic mass is 9.99. The molecule has 0 saturated carbocycles. The predicted molar refractivity (Wildman–Crippen MR) is 140 cm³/mol. The molecule has 1 aliphatic heterocycles. The molecule has 0 radical (unpaired) electrons. The topological polar surface area (TPSA) is 246 Å². The summed E-state index contributed by atoms with van der Waals surface area (Å²) in [6, 6.07) is 8.96. The number of nitrogens with one attached hydrogen (secondary N) is 1. The van der Waals surface area contributed by atoms with Gasteiger partial charge in [0.2, 0.25) is 0 Å². The van der Waals surface area contributed by atoms with Gasteiger partial charge >= 0.3 is 5.97 Å². The van der Waals surface area contributed by atoms with Crippen LogP contribution < -0.4 is 10.6 Å². The van der Waals surface area contributed by atoms with Crippen molar-refractivity contribution in [2.24, 2.45) is 11.0 Å². The molecule has 0 bridgehead atoms. The third-order valence-electron chi connectivity index (χ3n) is 5.92. The largest absolute Gasteiger partial charge is 0.477 e. The summed E-state index contributed by atoms with van der Waals surface area (Å²) in [5.74, 6) is -3.10. The van der Waals surface area contributed by atoms with E-state index in [9.17, 15) is 36.3 Å². The Morgan fingerprint density at radius 1 is 0.951 bits per heavy atom. The van der Waals surface area contributed by atoms with E-state index in [1.807, 2.05) is 0 Å². The Kier molecular flexibility index (Phi) is 8.06. The number of benzene rings is 2. The van der Waals surface area contributed by atoms with E-state index in [-0.39, 0.29) is 29.1 Å². The van der Waals surface area contributed by atoms with Gasteiger partial charge in [-0.2, -0.15) is 21.9 Å². The number of rotatable bonds is 10. The summed E-state index contributed by atoms with van der Waals surface area (Å²) in [5, 5.41) is 26.0. The highest BCUT2D eigenvalue weighted by Crippen LogP contribution is 2.27. The van der Waals surface area contributed by atoms with Gasteiger partial charge in [0.15, 0.2) is 5.69 Å². The molecule has 0 fully saturated rings. The van der Waals surface area contributed by atoms with Gasteiger partial charge in [-0.1, -0.05) is 12.2 Å². The number of aromatic carboxylic acids is 1. The summed E-state index contributed by atoms with van der Waals surface area (Å²) in [7, 11) is -8.96. The minimum atomic E-state index is -4.49. The van der Waals surface area contributed by atoms with Gasteiger partial charge in [0.1, 0.15) is 6.61 Å². The van der Waals surface area contributed by atoms with Crippen LogP contribution in [-0.4, -0.2) is 70.3 Å². The number of hydrogen-bond acceptors (Lipinski definition) is 10. The van der Waals surface area contributed by atoms with E-state index in [4.69, 9.17) is 14.4 Å². The Morgan fingerprint density at radius 3 is 1.98 bits per heavy atom. The second-order valence-electron chi connectivity index (χ2n) is 8.49. The number of carbonyl (C=O) groups excluding carboxylic acids is 1. The maximum Gasteiger partial charge on any atom is 0.354 e. The van der Waals surface area contributed by atoms with Crippen LogP contribution in [0.15, 0.2) is 74.3 Å². The van der Waals surface area contributed by atoms with Crippen molar-refractivity contribution in [2.75, 3.05) is 11.6 Å². The van der Waals surface area contributed by atoms with E-state index in [1.54, 1.807) is 0 Å². The summed E-state index contributed by atoms with van der Waals surface area (Å²) >= 11 is 0. The van der Waals surface area contributed by atoms with Gasteiger partial charge < -0.3 is 5.11 Å². The molecule has 41 heavy (non-hydrogen) atoms. The highest BCUT2D eigenvalue weighted by molar-refractivity contribution is 7.86. The Bertz CT molecular complexity index is 1840. The van der Waals surface area contributed by atoms with E-state index < -0.39 is 65.7 Å². The Morgan fingerprint density at radius 2 is 1.49 bits per heavy atom. The molecule has 0 spiro atoms. The summed E-state index contributed by atoms with van der Waals surface area (Å²) in [5.41, 5.74) is -1.33. The van der Waals surface area contributed by atoms with Crippen molar-refractivity contribution in [3.05, 3.63) is 76.2 Å². The SMILES string of the molecule is O=C(O)c1[nH]n(-c2ccc(S(=O)(=O)O)cc2)c(=O)c1/C=C/C[C@H]1C(=O)N(c2ccc(S(=O)(=O)O)cc2)N=C1COO. The molecule has 16 nitrogen and oxygen atoms in total. The number of hydrogen-bond donors (Lipinski definition) is 5. The average molecular weight is 609 g/mol. The number of carboxylic acid groups (broad SMARTS) is 1. The second-order valence-corrected chi connectivity index (χ2v) is 11.3. The Hall–Kier alpha value is -4.46. The molecule has 1 atom stereocenters. The number of aromatic amines is 1. The van der Waals surface area contributed by atoms with Crippen LogP contribution in [-0.2, 0) is 29.9 Å². The molecule has 1 aliphatic rings. The van der Waals surface area contributed by atoms with Crippen LogP contribution in [0, 0.1) is 5.92 Å². The first-order valence-corrected chi connectivity index (χ1v) is 14.2. The van der Waals surface area contributed by atoms with Gasteiger partial charge in [-0.25, -0.2) is 19.4 Å². The van der Waals surface area contributed by atoms with Crippen molar-refractivity contribution in [3.63, 3.8) is 0 Å². The molecule has 0 saturated heterocycles. The molecule has 0 unspecified atom stereocenters. The fraction of sp³-hybridized carbons (Fsp3) is 0.130. The van der Waals surface area contributed by atoms with Gasteiger partial charge in [0.25, 0.3) is 31.7 Å². The first-order chi connectivity index (χ1) is 19.2. The summed E-state index contributed by atoms with van der Waals surface area (Å²) < 4.78 is 64.2. The fourth-order valence-corrected chi connectivity index (χ4v) is 4.91. The third kappa shape index (κ3) is 6.16. The summed E-state index contributed by atoms with van der Waals surface area (Å²) in [4.78, 5) is 41.2. The molecular formula is C23H20N4O12S2. The Balaban J connectivity index is 1.60. The van der Waals surface area contributed by atoms with E-state index in [2.05, 4.69) is 15.1 Å². The molecule has 0 aliphatic carbocycles. The van der Waals surface area contributed by atoms with Crippen molar-refractivity contribution in [2.45, 2.75) is 16.2 Å². The highest BCUT2D eigenvalue weighted by atomic mass is 32.2. The monoisotopic (exact) mass is 608 g/mol. The van der Waals surface area contributed by atoms with Crippen LogP contribution in [0.5, 0.6) is 0 Å². The average Bonchev–Trinajstić information content (AvgIpc) is 3.40. The standard InChI is InChI=1S/C23H20N4O12S2/c28-21-17(19(12-39-32)24-26(21)13-4-8-15(9-5-13)40(33,34)35)2-1-3-18-20(23(30)31)25-27(22(18)29)14-6-10-16(11-7-14)41(36,37)38/h1,3-11,17,25,32H,2,12H2,(H,30,31)(H,33,34,35)(H,36,37,38)/b3-1+/t17-/m1/s1. The normalized spacial score (nSPS) is 16.0. The van der Waals surface area contributed by atoms with Crippen molar-refractivity contribution < 1.29 is 50.8 Å². The lowest BCUT2D eigenvalue weighted by Gasteiger charge is -2.14. The van der Waals surface area contributed by atoms with Crippen LogP contribution in [0.1, 0.15) is 22.5 Å². The number of hydrazone groups is 1. The van der Waals surface area contributed by atoms with E-state index >= 15 is 0 Å². The van der Waals surface area contributed by atoms with Gasteiger partial charge in [0, 0.05) is 0 Å². The zero-order valence-corrected chi connectivity index (χ0v) is 22.1. The number of nitrogens with zero attached hydrogens (tertiary/aromatic N) is 3. The Labute approximate surface area is 230 Å². The first kappa shape index (κ1) is 29.5. The number of amides is 1. The molecule has 2 aromatic carbocycles. The van der Waals surface area contributed by atoms with Crippen LogP contribution >= 0.6 is 0 Å². The van der Waals surface area contributed by atoms with Crippen LogP contribution in [0.25, 0.3) is 11.8 Å². The number of carbonyl (C=O) groups is 2. The zero-order valence-electron chi connectivity index (χ0n) is 20.5. The van der Waals surface area contributed by atoms with Crippen LogP contribution in [0.4, 0.5) is 5.69 Å². The van der Waals surface area contributed by atoms with E-state index in [0.29, 0.717) is 0 Å². The van der Waals surface area contributed by atoms with Crippen molar-refractivity contribution in [1.29, 1.82) is 0 Å². The molecule has 216 valence electrons. The highest BCUT2D eigenvalue weighted by Gasteiger charge is 2.36. The quantitative estimate of drug-likeness (QED) is 0.124. The third-order valence-corrected chi connectivity index (χ3v) is 7.65. The summed E-state index contributed by atoms with van der Waals surface area (Å²) in [6.07, 6.45) is 2.39. The van der Waals surface area contributed by atoms with Gasteiger partial charge in [0.05, 0.1) is 38.4 Å². The molecule has 18 heteroatoms. The number of anilines is 1. The lowest BCUT2D eigenvalue weighted by Crippen LogP contribution is -2.28. The fourth-order valence-electron chi connectivity index (χ4n) is 3.95. The smallest absolute Gasteiger partial charge is 0.354 e. The molecular weight excluding hydrogens is 588 g/mol. The minimum Gasteiger partial charge on any atom is -0.477 e. The minimum absolute atomic E-state index is 0.0701. The lowest BCUT2D eigenvalue weighted by molar-refractivity contribution is -0.228. The number of carboxylic acids is 1. The number of allylic oxidation sites excluding steroid dienone is 1. The van der Waals surface area contributed by atoms with Crippen molar-refractivity contribution in [1.82, 2.24) is 9.78 Å². The van der Waals surface area contributed by atoms with Crippen LogP contribution in [0.3, 0.4) is 0 Å². The summed E-state index contributed by atoms with van der Waals surface area (Å²) in [6.45, 7) is -0.471. The zero-order chi connectivity index (χ0) is 30.1. The van der Waals surface area contributed by atoms with Gasteiger partial charge in [-0.3, -0.25) is 29.1 Å². The first-order valence-electron chi connectivity index (χ1n) is 11.3. The molecule has 1 amide bonds. The molecule has 5 N–H and O–H groups in total. The molecule has 4 rings (SSSR count). The van der Waals surface area contributed by atoms with E-state index in [0.717, 1.165) is 34.0 Å². The second kappa shape index (κ2) is 11.2. The molecule has 3 aromatic rings. The van der Waals surface area contributed by atoms with Crippen LogP contribution in [0.2, 0.25) is 0 Å². The van der Waals surface area contributed by atoms with Crippen molar-refractivity contribution >= 4 is 49.6 Å². The number of aromatic nitrogens is 2. The predicted octanol–water partition coefficient (Wildman–Crippen LogP) is 1.27. The number of H-pyrrole nitrogens is 1. The maximum absolute atomic E-state index is 13.1. The van der Waals surface area contributed by atoms with E-state index in [1.165, 1.54) is 36.4 Å². The molecule has 1 aromatic heterocycles. The molecule has 2 heterocycles. The van der Waals surface area contributed by atoms with Gasteiger partial charge in [-0.05, 0) is 55.0 Å². The maximum atomic E-state index is 13.1. The van der Waals surface area contributed by atoms with Gasteiger partial charge in [-0.15, -0.1) is 0 Å².